The molecule has 0 spiro atoms. The summed E-state index contributed by atoms with van der Waals surface area (Å²) in [6, 6.07) is 0. The molecule has 0 bridgehead atoms. The predicted molar refractivity (Wildman–Crippen MR) is 77.6 cm³/mol. The minimum atomic E-state index is -4.31. The van der Waals surface area contributed by atoms with E-state index in [0.29, 0.717) is 0 Å². The van der Waals surface area contributed by atoms with Gasteiger partial charge in [-0.3, -0.25) is 9.59 Å². The van der Waals surface area contributed by atoms with Crippen molar-refractivity contribution < 1.29 is 37.7 Å². The zero-order chi connectivity index (χ0) is 20.8. The van der Waals surface area contributed by atoms with Crippen LogP contribution >= 0.6 is 17.1 Å². The van der Waals surface area contributed by atoms with Crippen LogP contribution in [-0.2, 0) is 39.9 Å². The number of carbonyl (C=O) groups is 2. The van der Waals surface area contributed by atoms with Crippen LogP contribution in [0.5, 0.6) is 0 Å². The van der Waals surface area contributed by atoms with Crippen molar-refractivity contribution in [2.45, 2.75) is 25.5 Å². The van der Waals surface area contributed by atoms with Crippen molar-refractivity contribution in [2.24, 2.45) is 0 Å². The molecular formula is C10H19O6PS2. The van der Waals surface area contributed by atoms with Gasteiger partial charge in [0.1, 0.15) is 5.23 Å². The third-order valence-electron chi connectivity index (χ3n) is 1.56. The van der Waals surface area contributed by atoms with Crippen molar-refractivity contribution in [3.8, 4) is 0 Å². The molecule has 0 aromatic carbocycles. The Morgan fingerprint density at radius 3 is 2.37 bits per heavy atom. The molecule has 0 radical (unpaired) electrons. The van der Waals surface area contributed by atoms with Gasteiger partial charge in [-0.05, 0) is 25.7 Å². The van der Waals surface area contributed by atoms with E-state index in [1.807, 2.05) is 0 Å². The number of ether oxygens (including phenoxy) is 2. The fourth-order valence-corrected chi connectivity index (χ4v) is 3.85. The Morgan fingerprint density at radius 2 is 1.89 bits per heavy atom. The molecule has 6 nitrogen and oxygen atoms in total. The normalized spacial score (nSPS) is 21.3. The van der Waals surface area contributed by atoms with E-state index in [1.165, 1.54) is 13.8 Å². The van der Waals surface area contributed by atoms with Crippen LogP contribution in [0.15, 0.2) is 0 Å². The first-order valence-electron chi connectivity index (χ1n) is 8.61. The first-order chi connectivity index (χ1) is 11.6. The lowest BCUT2D eigenvalue weighted by molar-refractivity contribution is -0.149. The van der Waals surface area contributed by atoms with E-state index < -0.39 is 43.4 Å². The third kappa shape index (κ3) is 7.27. The molecular weight excluding hydrogens is 311 g/mol. The first-order valence-corrected chi connectivity index (χ1v) is 9.17. The molecule has 0 aromatic heterocycles. The summed E-state index contributed by atoms with van der Waals surface area (Å²) < 4.78 is 69.6. The average molecular weight is 337 g/mol. The lowest BCUT2D eigenvalue weighted by atomic mass is 10.3. The third-order valence-corrected chi connectivity index (χ3v) is 5.66. The number of carbonyl (C=O) groups excluding carboxylic acids is 2. The second-order valence-electron chi connectivity index (χ2n) is 2.85. The summed E-state index contributed by atoms with van der Waals surface area (Å²) in [7, 11) is -6.32. The molecule has 9 heteroatoms. The van der Waals surface area contributed by atoms with Crippen molar-refractivity contribution in [1.82, 2.24) is 0 Å². The lowest BCUT2D eigenvalue weighted by Gasteiger charge is -2.21. The van der Waals surface area contributed by atoms with Gasteiger partial charge in [0.2, 0.25) is 5.69 Å². The molecule has 0 aromatic rings. The fourth-order valence-electron chi connectivity index (χ4n) is 0.887. The molecule has 0 aliphatic rings. The number of rotatable bonds is 9. The number of esters is 2. The van der Waals surface area contributed by atoms with Crippen LogP contribution in [0.3, 0.4) is 0 Å². The maximum absolute atomic E-state index is 12.2. The van der Waals surface area contributed by atoms with Crippen molar-refractivity contribution in [2.75, 3.05) is 27.3 Å². The molecule has 0 aliphatic carbocycles. The summed E-state index contributed by atoms with van der Waals surface area (Å²) >= 11 is 4.90. The first kappa shape index (κ1) is 9.73. The number of hydrogen-bond donors (Lipinski definition) is 0. The Labute approximate surface area is 132 Å². The Balaban J connectivity index is 5.83. The molecule has 112 valence electrons. The van der Waals surface area contributed by atoms with Crippen molar-refractivity contribution in [1.29, 1.82) is 0 Å². The highest BCUT2D eigenvalue weighted by molar-refractivity contribution is 8.68. The molecule has 1 unspecified atom stereocenters. The van der Waals surface area contributed by atoms with E-state index in [9.17, 15) is 9.59 Å². The van der Waals surface area contributed by atoms with Crippen molar-refractivity contribution in [3.05, 3.63) is 0 Å². The van der Waals surface area contributed by atoms with E-state index in [1.54, 1.807) is 0 Å². The summed E-state index contributed by atoms with van der Waals surface area (Å²) in [6.07, 6.45) is -0.878. The van der Waals surface area contributed by atoms with Crippen LogP contribution in [-0.4, -0.2) is 44.5 Å². The summed E-state index contributed by atoms with van der Waals surface area (Å²) in [5, 5.41) is -2.52. The quantitative estimate of drug-likeness (QED) is 0.468. The molecule has 1 atom stereocenters. The molecule has 0 aliphatic heterocycles. The Morgan fingerprint density at radius 1 is 1.32 bits per heavy atom. The second-order valence-corrected chi connectivity index (χ2v) is 8.91. The number of hydrogen-bond acceptors (Lipinski definition) is 8. The smallest absolute Gasteiger partial charge is 0.320 e. The summed E-state index contributed by atoms with van der Waals surface area (Å²) in [6.45, 7) is 2.77. The van der Waals surface area contributed by atoms with Gasteiger partial charge in [-0.25, -0.2) is 0 Å². The Bertz CT molecular complexity index is 535. The highest BCUT2D eigenvalue weighted by atomic mass is 32.9. The topological polar surface area (TPSA) is 71.1 Å². The minimum Gasteiger partial charge on any atom is -0.466 e. The van der Waals surface area contributed by atoms with Gasteiger partial charge in [0.05, 0.1) is 29.2 Å². The maximum Gasteiger partial charge on any atom is 0.320 e. The van der Waals surface area contributed by atoms with Gasteiger partial charge in [-0.1, -0.05) is 11.4 Å². The summed E-state index contributed by atoms with van der Waals surface area (Å²) in [4.78, 5) is 23.9. The van der Waals surface area contributed by atoms with E-state index in [-0.39, 0.29) is 24.6 Å². The molecule has 19 heavy (non-hydrogen) atoms. The second kappa shape index (κ2) is 9.72. The predicted octanol–water partition coefficient (Wildman–Crippen LogP) is 2.12. The van der Waals surface area contributed by atoms with Crippen LogP contribution in [0.25, 0.3) is 0 Å². The van der Waals surface area contributed by atoms with Crippen LogP contribution < -0.4 is 0 Å². The highest BCUT2D eigenvalue weighted by Crippen LogP contribution is 2.62. The zero-order valence-electron chi connectivity index (χ0n) is 17.3. The molecule has 0 saturated carbocycles. The van der Waals surface area contributed by atoms with Crippen molar-refractivity contribution in [3.63, 3.8) is 0 Å². The standard InChI is InChI=1S/C10H19O6PS2/c1-5-15-9(11)7-8(10(12)16-6-2)19-17(18,13-3)14-4/h8H,5-7H2,1-4H3/i3D3,4D3,8D. The van der Waals surface area contributed by atoms with Crippen LogP contribution in [0.1, 0.15) is 29.9 Å². The molecule has 0 rings (SSSR count). The van der Waals surface area contributed by atoms with Gasteiger partial charge in [-0.2, -0.15) is 0 Å². The van der Waals surface area contributed by atoms with E-state index in [4.69, 9.17) is 26.1 Å². The Hall–Kier alpha value is -0.140. The van der Waals surface area contributed by atoms with Crippen LogP contribution in [0.2, 0.25) is 0 Å². The summed E-state index contributed by atoms with van der Waals surface area (Å²) in [5.74, 6) is -2.21. The van der Waals surface area contributed by atoms with E-state index in [2.05, 4.69) is 13.8 Å². The van der Waals surface area contributed by atoms with Gasteiger partial charge in [0.25, 0.3) is 0 Å². The SMILES string of the molecule is [2H]C([2H])([2H])OP(=S)(OC([2H])([2H])[2H])SC([2H])(CC(=O)OCC)C(=O)OCC. The van der Waals surface area contributed by atoms with Crippen LogP contribution in [0.4, 0.5) is 0 Å². The van der Waals surface area contributed by atoms with Gasteiger partial charge in [0.15, 0.2) is 0 Å². The molecule has 0 heterocycles. The van der Waals surface area contributed by atoms with Gasteiger partial charge in [-0.15, -0.1) is 0 Å². The lowest BCUT2D eigenvalue weighted by Crippen LogP contribution is -2.24. The summed E-state index contributed by atoms with van der Waals surface area (Å²) in [5.41, 5.74) is -4.31. The van der Waals surface area contributed by atoms with E-state index in [0.717, 1.165) is 0 Å². The van der Waals surface area contributed by atoms with Gasteiger partial charge < -0.3 is 18.5 Å². The average Bonchev–Trinajstić information content (AvgIpc) is 2.32. The molecule has 0 saturated heterocycles. The monoisotopic (exact) mass is 337 g/mol. The fraction of sp³-hybridized carbons (Fsp3) is 0.800. The van der Waals surface area contributed by atoms with E-state index >= 15 is 0 Å². The van der Waals surface area contributed by atoms with Crippen molar-refractivity contribution >= 4 is 40.8 Å². The molecule has 0 fully saturated rings. The highest BCUT2D eigenvalue weighted by Gasteiger charge is 2.32. The maximum atomic E-state index is 12.2. The minimum absolute atomic E-state index is 0.00322. The van der Waals surface area contributed by atoms with Gasteiger partial charge in [0, 0.05) is 14.1 Å². The Kier molecular flexibility index (Phi) is 4.98. The van der Waals surface area contributed by atoms with Gasteiger partial charge >= 0.3 is 11.9 Å². The zero-order valence-corrected chi connectivity index (χ0v) is 12.9. The van der Waals surface area contributed by atoms with Crippen LogP contribution in [0, 0.1) is 0 Å². The largest absolute Gasteiger partial charge is 0.466 e. The molecule has 0 amide bonds. The molecule has 0 N–H and O–H groups in total.